The molecule has 2 rings (SSSR count). The largest absolute Gasteiger partial charge is 0.444 e. The van der Waals surface area contributed by atoms with Crippen LogP contribution in [0.5, 0.6) is 0 Å². The van der Waals surface area contributed by atoms with Crippen molar-refractivity contribution in [1.29, 1.82) is 0 Å². The average Bonchev–Trinajstić information content (AvgIpc) is 2.54. The van der Waals surface area contributed by atoms with Crippen molar-refractivity contribution < 1.29 is 9.53 Å². The Kier molecular flexibility index (Phi) is 6.88. The molecule has 4 heteroatoms. The molecule has 0 N–H and O–H groups in total. The van der Waals surface area contributed by atoms with Crippen LogP contribution < -0.4 is 0 Å². The average molecular weight is 347 g/mol. The molecule has 0 aliphatic carbocycles. The van der Waals surface area contributed by atoms with Crippen molar-refractivity contribution in [2.75, 3.05) is 19.6 Å². The third kappa shape index (κ3) is 6.35. The maximum absolute atomic E-state index is 12.6. The smallest absolute Gasteiger partial charge is 0.410 e. The number of nitrogens with zero attached hydrogens (tertiary/aromatic N) is 2. The zero-order valence-corrected chi connectivity index (χ0v) is 16.5. The molecule has 1 aliphatic rings. The zero-order chi connectivity index (χ0) is 18.4. The van der Waals surface area contributed by atoms with Crippen molar-refractivity contribution in [2.45, 2.75) is 65.6 Å². The van der Waals surface area contributed by atoms with E-state index in [0.717, 1.165) is 39.0 Å². The number of benzene rings is 1. The lowest BCUT2D eigenvalue weighted by Crippen LogP contribution is -2.56. The van der Waals surface area contributed by atoms with Crippen LogP contribution >= 0.6 is 0 Å². The predicted octanol–water partition coefficient (Wildman–Crippen LogP) is 4.54. The molecule has 0 spiro atoms. The highest BCUT2D eigenvalue weighted by Crippen LogP contribution is 2.23. The van der Waals surface area contributed by atoms with E-state index < -0.39 is 5.60 Å². The van der Waals surface area contributed by atoms with E-state index in [0.29, 0.717) is 5.92 Å². The van der Waals surface area contributed by atoms with E-state index in [1.54, 1.807) is 0 Å². The summed E-state index contributed by atoms with van der Waals surface area (Å²) in [6, 6.07) is 10.8. The molecular formula is C21H34N2O2. The summed E-state index contributed by atoms with van der Waals surface area (Å²) in [5, 5.41) is 0. The maximum atomic E-state index is 12.6. The Bertz CT molecular complexity index is 539. The van der Waals surface area contributed by atoms with Crippen molar-refractivity contribution in [3.63, 3.8) is 0 Å². The first-order valence-corrected chi connectivity index (χ1v) is 9.54. The fourth-order valence-electron chi connectivity index (χ4n) is 3.30. The van der Waals surface area contributed by atoms with Crippen molar-refractivity contribution in [2.24, 2.45) is 5.92 Å². The minimum Gasteiger partial charge on any atom is -0.444 e. The van der Waals surface area contributed by atoms with Gasteiger partial charge in [0, 0.05) is 32.2 Å². The Morgan fingerprint density at radius 1 is 1.24 bits per heavy atom. The van der Waals surface area contributed by atoms with E-state index in [1.807, 2.05) is 25.7 Å². The van der Waals surface area contributed by atoms with Crippen LogP contribution in [0.15, 0.2) is 30.3 Å². The highest BCUT2D eigenvalue weighted by molar-refractivity contribution is 5.68. The van der Waals surface area contributed by atoms with Crippen LogP contribution in [0, 0.1) is 5.92 Å². The van der Waals surface area contributed by atoms with Gasteiger partial charge in [0.05, 0.1) is 0 Å². The molecule has 1 aliphatic heterocycles. The number of carbonyl (C=O) groups excluding carboxylic acids is 1. The first-order valence-electron chi connectivity index (χ1n) is 9.54. The lowest BCUT2D eigenvalue weighted by atomic mass is 9.96. The second-order valence-electron chi connectivity index (χ2n) is 8.30. The zero-order valence-electron chi connectivity index (χ0n) is 16.5. The van der Waals surface area contributed by atoms with Crippen LogP contribution in [0.1, 0.15) is 53.0 Å². The highest BCUT2D eigenvalue weighted by Gasteiger charge is 2.33. The standard InChI is InChI=1S/C21H34N2O2/c1-6-17(2)14-19-16-22(15-18-10-8-7-9-11-18)12-13-23(19)20(24)25-21(3,4)5/h7-11,17,19H,6,12-16H2,1-5H3. The Balaban J connectivity index is 2.04. The summed E-state index contributed by atoms with van der Waals surface area (Å²) < 4.78 is 5.64. The summed E-state index contributed by atoms with van der Waals surface area (Å²) >= 11 is 0. The van der Waals surface area contributed by atoms with Crippen LogP contribution in [0.2, 0.25) is 0 Å². The van der Waals surface area contributed by atoms with Gasteiger partial charge in [-0.15, -0.1) is 0 Å². The van der Waals surface area contributed by atoms with Crippen LogP contribution in [0.3, 0.4) is 0 Å². The van der Waals surface area contributed by atoms with E-state index in [-0.39, 0.29) is 12.1 Å². The van der Waals surface area contributed by atoms with Gasteiger partial charge in [-0.3, -0.25) is 4.90 Å². The minimum absolute atomic E-state index is 0.167. The molecule has 1 fully saturated rings. The van der Waals surface area contributed by atoms with Crippen LogP contribution in [0.4, 0.5) is 4.79 Å². The fourth-order valence-corrected chi connectivity index (χ4v) is 3.30. The molecule has 4 nitrogen and oxygen atoms in total. The Labute approximate surface area is 153 Å². The lowest BCUT2D eigenvalue weighted by molar-refractivity contribution is -0.00610. The van der Waals surface area contributed by atoms with Crippen molar-refractivity contribution in [3.8, 4) is 0 Å². The third-order valence-corrected chi connectivity index (χ3v) is 4.82. The van der Waals surface area contributed by atoms with Gasteiger partial charge in [-0.25, -0.2) is 4.79 Å². The Morgan fingerprint density at radius 2 is 1.92 bits per heavy atom. The number of hydrogen-bond donors (Lipinski definition) is 0. The lowest BCUT2D eigenvalue weighted by Gasteiger charge is -2.42. The number of rotatable bonds is 5. The minimum atomic E-state index is -0.445. The van der Waals surface area contributed by atoms with E-state index >= 15 is 0 Å². The molecule has 0 radical (unpaired) electrons. The van der Waals surface area contributed by atoms with Gasteiger partial charge < -0.3 is 9.64 Å². The van der Waals surface area contributed by atoms with Gasteiger partial charge in [0.1, 0.15) is 5.60 Å². The van der Waals surface area contributed by atoms with Crippen LogP contribution in [0.25, 0.3) is 0 Å². The van der Waals surface area contributed by atoms with E-state index in [1.165, 1.54) is 5.56 Å². The molecule has 1 aromatic rings. The van der Waals surface area contributed by atoms with Gasteiger partial charge in [-0.1, -0.05) is 50.6 Å². The van der Waals surface area contributed by atoms with Gasteiger partial charge in [0.25, 0.3) is 0 Å². The number of piperazine rings is 1. The Morgan fingerprint density at radius 3 is 2.52 bits per heavy atom. The molecule has 0 saturated carbocycles. The highest BCUT2D eigenvalue weighted by atomic mass is 16.6. The monoisotopic (exact) mass is 346 g/mol. The van der Waals surface area contributed by atoms with E-state index in [2.05, 4.69) is 49.1 Å². The topological polar surface area (TPSA) is 32.8 Å². The van der Waals surface area contributed by atoms with Gasteiger partial charge in [-0.2, -0.15) is 0 Å². The van der Waals surface area contributed by atoms with Crippen LogP contribution in [-0.4, -0.2) is 47.2 Å². The summed E-state index contributed by atoms with van der Waals surface area (Å²) in [5.74, 6) is 0.603. The molecule has 1 saturated heterocycles. The number of hydrogen-bond acceptors (Lipinski definition) is 3. The summed E-state index contributed by atoms with van der Waals surface area (Å²) in [4.78, 5) is 17.1. The van der Waals surface area contributed by atoms with E-state index in [4.69, 9.17) is 4.74 Å². The molecule has 25 heavy (non-hydrogen) atoms. The second kappa shape index (κ2) is 8.70. The molecule has 2 atom stereocenters. The molecule has 140 valence electrons. The quantitative estimate of drug-likeness (QED) is 0.784. The van der Waals surface area contributed by atoms with Crippen molar-refractivity contribution in [1.82, 2.24) is 9.80 Å². The predicted molar refractivity (Wildman–Crippen MR) is 103 cm³/mol. The molecule has 0 bridgehead atoms. The molecule has 1 aromatic carbocycles. The molecular weight excluding hydrogens is 312 g/mol. The fraction of sp³-hybridized carbons (Fsp3) is 0.667. The SMILES string of the molecule is CCC(C)CC1CN(Cc2ccccc2)CCN1C(=O)OC(C)(C)C. The summed E-state index contributed by atoms with van der Waals surface area (Å²) in [6.07, 6.45) is 2.00. The first-order chi connectivity index (χ1) is 11.8. The number of amides is 1. The van der Waals surface area contributed by atoms with E-state index in [9.17, 15) is 4.79 Å². The maximum Gasteiger partial charge on any atom is 0.410 e. The normalized spacial score (nSPS) is 20.4. The summed E-state index contributed by atoms with van der Waals surface area (Å²) in [7, 11) is 0. The molecule has 1 heterocycles. The van der Waals surface area contributed by atoms with Gasteiger partial charge in [-0.05, 0) is 38.7 Å². The summed E-state index contributed by atoms with van der Waals surface area (Å²) in [5.41, 5.74) is 0.884. The van der Waals surface area contributed by atoms with Gasteiger partial charge in [0.2, 0.25) is 0 Å². The van der Waals surface area contributed by atoms with Gasteiger partial charge in [0.15, 0.2) is 0 Å². The summed E-state index contributed by atoms with van der Waals surface area (Å²) in [6.45, 7) is 13.8. The Hall–Kier alpha value is -1.55. The third-order valence-electron chi connectivity index (χ3n) is 4.82. The first kappa shape index (κ1) is 19.8. The van der Waals surface area contributed by atoms with Crippen LogP contribution in [-0.2, 0) is 11.3 Å². The van der Waals surface area contributed by atoms with Crippen molar-refractivity contribution >= 4 is 6.09 Å². The number of ether oxygens (including phenoxy) is 1. The molecule has 0 aromatic heterocycles. The molecule has 1 amide bonds. The van der Waals surface area contributed by atoms with Gasteiger partial charge >= 0.3 is 6.09 Å². The number of carbonyl (C=O) groups is 1. The second-order valence-corrected chi connectivity index (χ2v) is 8.30. The molecule has 2 unspecified atom stereocenters. The van der Waals surface area contributed by atoms with Crippen molar-refractivity contribution in [3.05, 3.63) is 35.9 Å².